The van der Waals surface area contributed by atoms with Crippen molar-refractivity contribution in [3.63, 3.8) is 0 Å². The summed E-state index contributed by atoms with van der Waals surface area (Å²) < 4.78 is 0. The number of piperazine rings is 1. The van der Waals surface area contributed by atoms with Crippen molar-refractivity contribution in [2.24, 2.45) is 0 Å². The van der Waals surface area contributed by atoms with Crippen LogP contribution in [0.25, 0.3) is 0 Å². The maximum Gasteiger partial charge on any atom is 0.304 e. The first-order chi connectivity index (χ1) is 9.56. The first-order valence-corrected chi connectivity index (χ1v) is 7.28. The summed E-state index contributed by atoms with van der Waals surface area (Å²) in [4.78, 5) is 15.3. The highest BCUT2D eigenvalue weighted by molar-refractivity contribution is 5.66. The number of nitrogens with zero attached hydrogens (tertiary/aromatic N) is 2. The molecule has 20 heavy (non-hydrogen) atoms. The molecule has 1 aromatic carbocycles. The van der Waals surface area contributed by atoms with Crippen molar-refractivity contribution in [3.05, 3.63) is 34.9 Å². The highest BCUT2D eigenvalue weighted by atomic mass is 16.4. The zero-order chi connectivity index (χ0) is 14.5. The van der Waals surface area contributed by atoms with E-state index in [0.717, 1.165) is 32.7 Å². The first-order valence-electron chi connectivity index (χ1n) is 7.28. The van der Waals surface area contributed by atoms with Gasteiger partial charge < -0.3 is 10.0 Å². The first kappa shape index (κ1) is 15.0. The van der Waals surface area contributed by atoms with Crippen LogP contribution in [0.1, 0.15) is 23.1 Å². The molecular weight excluding hydrogens is 252 g/mol. The fourth-order valence-corrected chi connectivity index (χ4v) is 2.75. The van der Waals surface area contributed by atoms with Crippen LogP contribution in [0.4, 0.5) is 0 Å². The van der Waals surface area contributed by atoms with Crippen LogP contribution >= 0.6 is 0 Å². The van der Waals surface area contributed by atoms with E-state index in [1.165, 1.54) is 16.7 Å². The molecule has 1 N–H and O–H groups in total. The summed E-state index contributed by atoms with van der Waals surface area (Å²) in [6, 6.07) is 6.45. The largest absolute Gasteiger partial charge is 0.481 e. The van der Waals surface area contributed by atoms with E-state index in [-0.39, 0.29) is 6.42 Å². The molecule has 0 radical (unpaired) electrons. The van der Waals surface area contributed by atoms with E-state index >= 15 is 0 Å². The summed E-state index contributed by atoms with van der Waals surface area (Å²) in [5.74, 6) is -0.706. The van der Waals surface area contributed by atoms with Gasteiger partial charge in [0.15, 0.2) is 0 Å². The molecule has 0 amide bonds. The average Bonchev–Trinajstić information content (AvgIpc) is 2.42. The fourth-order valence-electron chi connectivity index (χ4n) is 2.75. The van der Waals surface area contributed by atoms with Gasteiger partial charge in [0.25, 0.3) is 0 Å². The minimum Gasteiger partial charge on any atom is -0.481 e. The lowest BCUT2D eigenvalue weighted by atomic mass is 10.0. The number of rotatable bonds is 5. The molecule has 110 valence electrons. The molecule has 1 aliphatic rings. The van der Waals surface area contributed by atoms with Crippen LogP contribution in [-0.2, 0) is 11.3 Å². The Morgan fingerprint density at radius 1 is 1.10 bits per heavy atom. The monoisotopic (exact) mass is 276 g/mol. The molecule has 4 heteroatoms. The summed E-state index contributed by atoms with van der Waals surface area (Å²) >= 11 is 0. The van der Waals surface area contributed by atoms with Gasteiger partial charge in [-0.2, -0.15) is 0 Å². The van der Waals surface area contributed by atoms with Crippen LogP contribution in [-0.4, -0.2) is 53.6 Å². The van der Waals surface area contributed by atoms with E-state index in [0.29, 0.717) is 6.54 Å². The Balaban J connectivity index is 1.84. The van der Waals surface area contributed by atoms with Crippen molar-refractivity contribution >= 4 is 5.97 Å². The molecule has 1 fully saturated rings. The van der Waals surface area contributed by atoms with E-state index < -0.39 is 5.97 Å². The van der Waals surface area contributed by atoms with Crippen LogP contribution in [0.5, 0.6) is 0 Å². The highest BCUT2D eigenvalue weighted by Gasteiger charge is 2.18. The second-order valence-corrected chi connectivity index (χ2v) is 5.63. The summed E-state index contributed by atoms with van der Waals surface area (Å²) in [7, 11) is 0. The number of aliphatic carboxylic acids is 1. The molecule has 2 rings (SSSR count). The Bertz CT molecular complexity index is 445. The highest BCUT2D eigenvalue weighted by Crippen LogP contribution is 2.16. The topological polar surface area (TPSA) is 43.8 Å². The summed E-state index contributed by atoms with van der Waals surface area (Å²) in [5, 5.41) is 8.71. The SMILES string of the molecule is Cc1cccc(C)c1CN1CCN(CCC(=O)O)CC1. The third-order valence-corrected chi connectivity index (χ3v) is 4.13. The third kappa shape index (κ3) is 4.05. The van der Waals surface area contributed by atoms with Crippen LogP contribution in [0.15, 0.2) is 18.2 Å². The number of hydrogen-bond acceptors (Lipinski definition) is 3. The zero-order valence-electron chi connectivity index (χ0n) is 12.4. The zero-order valence-corrected chi connectivity index (χ0v) is 12.4. The average molecular weight is 276 g/mol. The standard InChI is InChI=1S/C16H24N2O2/c1-13-4-3-5-14(2)15(13)12-18-10-8-17(9-11-18)7-6-16(19)20/h3-5H,6-12H2,1-2H3,(H,19,20). The van der Waals surface area contributed by atoms with Crippen LogP contribution in [0.2, 0.25) is 0 Å². The second kappa shape index (κ2) is 6.86. The van der Waals surface area contributed by atoms with Crippen LogP contribution in [0.3, 0.4) is 0 Å². The third-order valence-electron chi connectivity index (χ3n) is 4.13. The van der Waals surface area contributed by atoms with Crippen molar-refractivity contribution < 1.29 is 9.90 Å². The predicted octanol–water partition coefficient (Wildman–Crippen LogP) is 1.90. The van der Waals surface area contributed by atoms with Gasteiger partial charge in [0.2, 0.25) is 0 Å². The molecule has 0 aromatic heterocycles. The molecule has 0 bridgehead atoms. The van der Waals surface area contributed by atoms with E-state index in [1.54, 1.807) is 0 Å². The number of carboxylic acid groups (broad SMARTS) is 1. The van der Waals surface area contributed by atoms with Crippen molar-refractivity contribution in [3.8, 4) is 0 Å². The number of carbonyl (C=O) groups is 1. The molecule has 0 unspecified atom stereocenters. The van der Waals surface area contributed by atoms with Gasteiger partial charge in [0, 0.05) is 39.3 Å². The smallest absolute Gasteiger partial charge is 0.304 e. The Morgan fingerprint density at radius 2 is 1.65 bits per heavy atom. The molecule has 0 aliphatic carbocycles. The number of hydrogen-bond donors (Lipinski definition) is 1. The van der Waals surface area contributed by atoms with Gasteiger partial charge >= 0.3 is 5.97 Å². The molecular formula is C16H24N2O2. The minimum absolute atomic E-state index is 0.247. The molecule has 1 aromatic rings. The van der Waals surface area contributed by atoms with Gasteiger partial charge in [-0.05, 0) is 30.5 Å². The molecule has 1 heterocycles. The van der Waals surface area contributed by atoms with E-state index in [9.17, 15) is 4.79 Å². The minimum atomic E-state index is -0.706. The lowest BCUT2D eigenvalue weighted by Crippen LogP contribution is -2.46. The van der Waals surface area contributed by atoms with Gasteiger partial charge in [-0.3, -0.25) is 9.69 Å². The van der Waals surface area contributed by atoms with Gasteiger partial charge in [-0.25, -0.2) is 0 Å². The molecule has 4 nitrogen and oxygen atoms in total. The Labute approximate surface area is 121 Å². The summed E-state index contributed by atoms with van der Waals surface area (Å²) in [6.07, 6.45) is 0.247. The van der Waals surface area contributed by atoms with Crippen molar-refractivity contribution in [2.75, 3.05) is 32.7 Å². The maximum atomic E-state index is 10.6. The Morgan fingerprint density at radius 3 is 2.20 bits per heavy atom. The normalized spacial score (nSPS) is 17.3. The quantitative estimate of drug-likeness (QED) is 0.892. The van der Waals surface area contributed by atoms with Crippen molar-refractivity contribution in [1.82, 2.24) is 9.80 Å². The Hall–Kier alpha value is -1.39. The van der Waals surface area contributed by atoms with E-state index in [2.05, 4.69) is 41.8 Å². The number of carboxylic acids is 1. The molecule has 0 atom stereocenters. The summed E-state index contributed by atoms with van der Waals surface area (Å²) in [6.45, 7) is 10.0. The van der Waals surface area contributed by atoms with E-state index in [1.807, 2.05) is 0 Å². The van der Waals surface area contributed by atoms with Crippen molar-refractivity contribution in [1.29, 1.82) is 0 Å². The van der Waals surface area contributed by atoms with E-state index in [4.69, 9.17) is 5.11 Å². The van der Waals surface area contributed by atoms with Gasteiger partial charge in [-0.1, -0.05) is 18.2 Å². The van der Waals surface area contributed by atoms with Gasteiger partial charge in [-0.15, -0.1) is 0 Å². The molecule has 0 saturated carbocycles. The van der Waals surface area contributed by atoms with Crippen LogP contribution < -0.4 is 0 Å². The second-order valence-electron chi connectivity index (χ2n) is 5.63. The Kier molecular flexibility index (Phi) is 5.15. The van der Waals surface area contributed by atoms with Gasteiger partial charge in [0.05, 0.1) is 6.42 Å². The molecule has 1 aliphatic heterocycles. The number of benzene rings is 1. The predicted molar refractivity (Wildman–Crippen MR) is 79.9 cm³/mol. The summed E-state index contributed by atoms with van der Waals surface area (Å²) in [5.41, 5.74) is 4.16. The fraction of sp³-hybridized carbons (Fsp3) is 0.562. The number of aryl methyl sites for hydroxylation is 2. The van der Waals surface area contributed by atoms with Crippen molar-refractivity contribution in [2.45, 2.75) is 26.8 Å². The lowest BCUT2D eigenvalue weighted by molar-refractivity contribution is -0.137. The van der Waals surface area contributed by atoms with Gasteiger partial charge in [0.1, 0.15) is 0 Å². The van der Waals surface area contributed by atoms with Crippen LogP contribution in [0, 0.1) is 13.8 Å². The maximum absolute atomic E-state index is 10.6. The molecule has 0 spiro atoms. The lowest BCUT2D eigenvalue weighted by Gasteiger charge is -2.35. The molecule has 1 saturated heterocycles.